The molecular weight excluding hydrogens is 174 g/mol. The van der Waals surface area contributed by atoms with Gasteiger partial charge in [0.15, 0.2) is 0 Å². The SMILES string of the molecule is CNC(C1CCCC1)C1(CO)CCC1. The lowest BCUT2D eigenvalue weighted by Crippen LogP contribution is -2.53. The van der Waals surface area contributed by atoms with E-state index in [9.17, 15) is 5.11 Å². The topological polar surface area (TPSA) is 32.3 Å². The van der Waals surface area contributed by atoms with E-state index in [2.05, 4.69) is 12.4 Å². The lowest BCUT2D eigenvalue weighted by atomic mass is 9.61. The van der Waals surface area contributed by atoms with Gasteiger partial charge in [-0.25, -0.2) is 0 Å². The molecule has 0 heterocycles. The number of nitrogens with one attached hydrogen (secondary N) is 1. The second-order valence-corrected chi connectivity index (χ2v) is 5.18. The molecule has 2 rings (SSSR count). The zero-order valence-corrected chi connectivity index (χ0v) is 9.26. The molecule has 2 nitrogen and oxygen atoms in total. The minimum atomic E-state index is 0.240. The summed E-state index contributed by atoms with van der Waals surface area (Å²) >= 11 is 0. The van der Waals surface area contributed by atoms with Crippen molar-refractivity contribution in [3.8, 4) is 0 Å². The highest BCUT2D eigenvalue weighted by Crippen LogP contribution is 2.48. The van der Waals surface area contributed by atoms with Gasteiger partial charge in [0.1, 0.15) is 0 Å². The van der Waals surface area contributed by atoms with Gasteiger partial charge in [-0.1, -0.05) is 19.3 Å². The largest absolute Gasteiger partial charge is 0.396 e. The van der Waals surface area contributed by atoms with Crippen molar-refractivity contribution in [1.29, 1.82) is 0 Å². The third-order valence-electron chi connectivity index (χ3n) is 4.51. The van der Waals surface area contributed by atoms with Crippen LogP contribution in [0.1, 0.15) is 44.9 Å². The molecule has 1 unspecified atom stereocenters. The average Bonchev–Trinajstić information content (AvgIpc) is 2.63. The van der Waals surface area contributed by atoms with Gasteiger partial charge in [-0.3, -0.25) is 0 Å². The summed E-state index contributed by atoms with van der Waals surface area (Å²) in [7, 11) is 2.07. The maximum absolute atomic E-state index is 9.56. The lowest BCUT2D eigenvalue weighted by Gasteiger charge is -2.49. The molecule has 2 fully saturated rings. The monoisotopic (exact) mass is 197 g/mol. The summed E-state index contributed by atoms with van der Waals surface area (Å²) in [6, 6.07) is 0.573. The maximum Gasteiger partial charge on any atom is 0.0502 e. The number of hydrogen-bond acceptors (Lipinski definition) is 2. The molecule has 2 aliphatic rings. The molecule has 2 saturated carbocycles. The van der Waals surface area contributed by atoms with Crippen LogP contribution in [0.3, 0.4) is 0 Å². The summed E-state index contributed by atoms with van der Waals surface area (Å²) in [5.41, 5.74) is 0.240. The van der Waals surface area contributed by atoms with E-state index < -0.39 is 0 Å². The number of aliphatic hydroxyl groups is 1. The number of rotatable bonds is 4. The molecule has 0 aromatic heterocycles. The van der Waals surface area contributed by atoms with E-state index in [0.717, 1.165) is 5.92 Å². The Morgan fingerprint density at radius 2 is 1.93 bits per heavy atom. The molecule has 0 aromatic rings. The fraction of sp³-hybridized carbons (Fsp3) is 1.00. The first-order valence-corrected chi connectivity index (χ1v) is 6.10. The highest BCUT2D eigenvalue weighted by atomic mass is 16.3. The highest BCUT2D eigenvalue weighted by Gasteiger charge is 2.46. The van der Waals surface area contributed by atoms with E-state index >= 15 is 0 Å². The zero-order chi connectivity index (χ0) is 10.0. The first-order valence-electron chi connectivity index (χ1n) is 6.10. The van der Waals surface area contributed by atoms with Crippen molar-refractivity contribution in [2.75, 3.05) is 13.7 Å². The Balaban J connectivity index is 2.03. The predicted octanol–water partition coefficient (Wildman–Crippen LogP) is 1.93. The molecule has 1 atom stereocenters. The molecule has 0 aromatic carbocycles. The highest BCUT2D eigenvalue weighted by molar-refractivity contribution is 5.00. The van der Waals surface area contributed by atoms with Crippen molar-refractivity contribution in [3.63, 3.8) is 0 Å². The number of aliphatic hydroxyl groups excluding tert-OH is 1. The predicted molar refractivity (Wildman–Crippen MR) is 58.2 cm³/mol. The molecule has 14 heavy (non-hydrogen) atoms. The normalized spacial score (nSPS) is 28.7. The van der Waals surface area contributed by atoms with E-state index in [4.69, 9.17) is 0 Å². The summed E-state index contributed by atoms with van der Waals surface area (Å²) in [5.74, 6) is 0.826. The second kappa shape index (κ2) is 4.19. The van der Waals surface area contributed by atoms with Crippen LogP contribution < -0.4 is 5.32 Å². The van der Waals surface area contributed by atoms with Crippen molar-refractivity contribution >= 4 is 0 Å². The van der Waals surface area contributed by atoms with E-state index in [1.165, 1.54) is 44.9 Å². The Bertz CT molecular complexity index is 177. The van der Waals surface area contributed by atoms with Crippen LogP contribution in [0.25, 0.3) is 0 Å². The average molecular weight is 197 g/mol. The Morgan fingerprint density at radius 1 is 1.29 bits per heavy atom. The smallest absolute Gasteiger partial charge is 0.0502 e. The van der Waals surface area contributed by atoms with Crippen LogP contribution in [0.15, 0.2) is 0 Å². The van der Waals surface area contributed by atoms with Gasteiger partial charge >= 0.3 is 0 Å². The summed E-state index contributed by atoms with van der Waals surface area (Å²) in [4.78, 5) is 0. The zero-order valence-electron chi connectivity index (χ0n) is 9.26. The van der Waals surface area contributed by atoms with Crippen LogP contribution in [0.2, 0.25) is 0 Å². The third kappa shape index (κ3) is 1.59. The van der Waals surface area contributed by atoms with Crippen molar-refractivity contribution in [2.45, 2.75) is 51.0 Å². The Kier molecular flexibility index (Phi) is 3.13. The van der Waals surface area contributed by atoms with Crippen molar-refractivity contribution in [2.24, 2.45) is 11.3 Å². The molecule has 82 valence electrons. The van der Waals surface area contributed by atoms with Crippen molar-refractivity contribution in [1.82, 2.24) is 5.32 Å². The molecule has 2 N–H and O–H groups in total. The summed E-state index contributed by atoms with van der Waals surface area (Å²) in [6.07, 6.45) is 9.29. The van der Waals surface area contributed by atoms with Gasteiger partial charge in [-0.15, -0.1) is 0 Å². The van der Waals surface area contributed by atoms with Crippen molar-refractivity contribution < 1.29 is 5.11 Å². The van der Waals surface area contributed by atoms with Gasteiger partial charge in [0, 0.05) is 11.5 Å². The van der Waals surface area contributed by atoms with Gasteiger partial charge in [-0.05, 0) is 38.6 Å². The van der Waals surface area contributed by atoms with Crippen LogP contribution in [0.5, 0.6) is 0 Å². The van der Waals surface area contributed by atoms with Gasteiger partial charge in [0.2, 0.25) is 0 Å². The Hall–Kier alpha value is -0.0800. The third-order valence-corrected chi connectivity index (χ3v) is 4.51. The summed E-state index contributed by atoms with van der Waals surface area (Å²) in [6.45, 7) is 0.384. The van der Waals surface area contributed by atoms with E-state index in [-0.39, 0.29) is 5.41 Å². The second-order valence-electron chi connectivity index (χ2n) is 5.18. The fourth-order valence-corrected chi connectivity index (χ4v) is 3.53. The molecule has 0 aliphatic heterocycles. The molecule has 2 heteroatoms. The molecule has 0 bridgehead atoms. The maximum atomic E-state index is 9.56. The van der Waals surface area contributed by atoms with Crippen LogP contribution in [-0.4, -0.2) is 24.8 Å². The first kappa shape index (κ1) is 10.4. The lowest BCUT2D eigenvalue weighted by molar-refractivity contribution is -0.0110. The quantitative estimate of drug-likeness (QED) is 0.722. The van der Waals surface area contributed by atoms with Crippen LogP contribution in [-0.2, 0) is 0 Å². The van der Waals surface area contributed by atoms with E-state index in [0.29, 0.717) is 12.6 Å². The minimum absolute atomic E-state index is 0.240. The summed E-state index contributed by atoms with van der Waals surface area (Å²) < 4.78 is 0. The van der Waals surface area contributed by atoms with Crippen LogP contribution in [0.4, 0.5) is 0 Å². The van der Waals surface area contributed by atoms with Gasteiger partial charge < -0.3 is 10.4 Å². The number of hydrogen-bond donors (Lipinski definition) is 2. The van der Waals surface area contributed by atoms with Gasteiger partial charge in [0.25, 0.3) is 0 Å². The van der Waals surface area contributed by atoms with Crippen LogP contribution >= 0.6 is 0 Å². The van der Waals surface area contributed by atoms with E-state index in [1.807, 2.05) is 0 Å². The Labute approximate surface area is 87.1 Å². The molecule has 0 radical (unpaired) electrons. The van der Waals surface area contributed by atoms with Crippen LogP contribution in [0, 0.1) is 11.3 Å². The summed E-state index contributed by atoms with van der Waals surface area (Å²) in [5, 5.41) is 13.0. The van der Waals surface area contributed by atoms with Crippen molar-refractivity contribution in [3.05, 3.63) is 0 Å². The standard InChI is InChI=1S/C12H23NO/c1-13-11(10-5-2-3-6-10)12(9-14)7-4-8-12/h10-11,13-14H,2-9H2,1H3. The minimum Gasteiger partial charge on any atom is -0.396 e. The van der Waals surface area contributed by atoms with Gasteiger partial charge in [-0.2, -0.15) is 0 Å². The molecule has 2 aliphatic carbocycles. The molecule has 0 amide bonds. The Morgan fingerprint density at radius 3 is 2.29 bits per heavy atom. The van der Waals surface area contributed by atoms with Gasteiger partial charge in [0.05, 0.1) is 6.61 Å². The fourth-order valence-electron chi connectivity index (χ4n) is 3.53. The molecular formula is C12H23NO. The molecule has 0 saturated heterocycles. The van der Waals surface area contributed by atoms with E-state index in [1.54, 1.807) is 0 Å². The molecule has 0 spiro atoms. The first-order chi connectivity index (χ1) is 6.82.